The van der Waals surface area contributed by atoms with E-state index in [1.807, 2.05) is 11.8 Å². The summed E-state index contributed by atoms with van der Waals surface area (Å²) in [5, 5.41) is 5.23. The molecule has 0 nitrogen and oxygen atoms in total. The summed E-state index contributed by atoms with van der Waals surface area (Å²) in [5.74, 6) is 0. The van der Waals surface area contributed by atoms with Crippen LogP contribution in [0.25, 0.3) is 54.9 Å². The molecule has 1 atom stereocenters. The van der Waals surface area contributed by atoms with Crippen LogP contribution >= 0.6 is 11.8 Å². The molecule has 0 saturated carbocycles. The van der Waals surface area contributed by atoms with Crippen LogP contribution in [0.1, 0.15) is 22.3 Å². The van der Waals surface area contributed by atoms with Crippen LogP contribution in [-0.2, 0) is 5.41 Å². The molecule has 1 unspecified atom stereocenters. The summed E-state index contributed by atoms with van der Waals surface area (Å²) in [4.78, 5) is 2.65. The van der Waals surface area contributed by atoms with Crippen molar-refractivity contribution in [3.8, 4) is 33.4 Å². The molecule has 8 aromatic carbocycles. The highest BCUT2D eigenvalue weighted by Gasteiger charge is 2.46. The molecule has 1 aliphatic carbocycles. The SMILES string of the molecule is c1ccc(C2(c3cccc(-c4cc5c6c(cccc6c4)-c4ccccc4S5)c3)c3ccccc3-c3c2ccc2ccccc32)cc1. The molecule has 0 amide bonds. The average Bonchev–Trinajstić information content (AvgIpc) is 3.44. The fourth-order valence-corrected chi connectivity index (χ4v) is 9.40. The van der Waals surface area contributed by atoms with E-state index in [1.165, 1.54) is 87.0 Å². The molecule has 0 bridgehead atoms. The minimum Gasteiger partial charge on any atom is -0.0888 e. The molecule has 1 heteroatoms. The third-order valence-corrected chi connectivity index (χ3v) is 11.2. The van der Waals surface area contributed by atoms with E-state index in [1.54, 1.807) is 0 Å². The largest absolute Gasteiger partial charge is 0.0888 e. The Morgan fingerprint density at radius 3 is 2.04 bits per heavy atom. The molecular weight excluding hydrogens is 573 g/mol. The molecule has 1 aliphatic heterocycles. The van der Waals surface area contributed by atoms with E-state index < -0.39 is 5.41 Å². The molecule has 10 rings (SSSR count). The van der Waals surface area contributed by atoms with Crippen LogP contribution in [0.2, 0.25) is 0 Å². The molecule has 0 fully saturated rings. The molecule has 46 heavy (non-hydrogen) atoms. The van der Waals surface area contributed by atoms with Gasteiger partial charge in [0.2, 0.25) is 0 Å². The van der Waals surface area contributed by atoms with Gasteiger partial charge in [-0.15, -0.1) is 0 Å². The van der Waals surface area contributed by atoms with Crippen molar-refractivity contribution in [2.45, 2.75) is 15.2 Å². The first kappa shape index (κ1) is 25.9. The summed E-state index contributed by atoms with van der Waals surface area (Å²) < 4.78 is 0. The third kappa shape index (κ3) is 3.52. The molecule has 0 aromatic heterocycles. The van der Waals surface area contributed by atoms with E-state index in [4.69, 9.17) is 0 Å². The summed E-state index contributed by atoms with van der Waals surface area (Å²) in [6, 6.07) is 63.3. The number of rotatable bonds is 3. The van der Waals surface area contributed by atoms with Gasteiger partial charge >= 0.3 is 0 Å². The standard InChI is InChI=1S/C45H28S/c1-2-15-33(16-3-1)45(39-22-8-6-20-38(39)44-35-18-5-4-12-29(35)24-25-40(44)45)34-17-10-13-30(27-34)32-26-31-14-11-21-37-36-19-7-9-23-41(36)46-42(28-32)43(31)37/h1-28H. The zero-order chi connectivity index (χ0) is 30.2. The van der Waals surface area contributed by atoms with Gasteiger partial charge in [0.25, 0.3) is 0 Å². The smallest absolute Gasteiger partial charge is 0.0714 e. The van der Waals surface area contributed by atoms with Gasteiger partial charge in [0, 0.05) is 15.2 Å². The van der Waals surface area contributed by atoms with Crippen molar-refractivity contribution in [3.05, 3.63) is 192 Å². The van der Waals surface area contributed by atoms with Crippen LogP contribution in [0.15, 0.2) is 180 Å². The van der Waals surface area contributed by atoms with Gasteiger partial charge in [0.15, 0.2) is 0 Å². The monoisotopic (exact) mass is 600 g/mol. The minimum absolute atomic E-state index is 0.445. The Balaban J connectivity index is 1.24. The summed E-state index contributed by atoms with van der Waals surface area (Å²) in [5.41, 5.74) is 12.6. The van der Waals surface area contributed by atoms with Crippen molar-refractivity contribution in [1.29, 1.82) is 0 Å². The summed E-state index contributed by atoms with van der Waals surface area (Å²) in [6.07, 6.45) is 0. The van der Waals surface area contributed by atoms with Gasteiger partial charge in [0.1, 0.15) is 0 Å². The predicted molar refractivity (Wildman–Crippen MR) is 194 cm³/mol. The first-order valence-electron chi connectivity index (χ1n) is 15.9. The normalized spacial score (nSPS) is 15.8. The van der Waals surface area contributed by atoms with Gasteiger partial charge in [-0.2, -0.15) is 0 Å². The van der Waals surface area contributed by atoms with Crippen LogP contribution in [-0.4, -0.2) is 0 Å². The Kier molecular flexibility index (Phi) is 5.53. The lowest BCUT2D eigenvalue weighted by molar-refractivity contribution is 0.769. The molecule has 0 spiro atoms. The van der Waals surface area contributed by atoms with Crippen molar-refractivity contribution in [2.75, 3.05) is 0 Å². The van der Waals surface area contributed by atoms with E-state index in [9.17, 15) is 0 Å². The maximum absolute atomic E-state index is 2.45. The minimum atomic E-state index is -0.445. The number of hydrogen-bond acceptors (Lipinski definition) is 1. The van der Waals surface area contributed by atoms with Crippen LogP contribution in [0.3, 0.4) is 0 Å². The molecule has 214 valence electrons. The Bertz CT molecular complexity index is 2510. The molecular formula is C45H28S. The van der Waals surface area contributed by atoms with Crippen molar-refractivity contribution < 1.29 is 0 Å². The van der Waals surface area contributed by atoms with Crippen LogP contribution in [0.4, 0.5) is 0 Å². The van der Waals surface area contributed by atoms with E-state index in [-0.39, 0.29) is 0 Å². The number of benzene rings is 8. The predicted octanol–water partition coefficient (Wildman–Crippen LogP) is 12.2. The van der Waals surface area contributed by atoms with Gasteiger partial charge in [-0.3, -0.25) is 0 Å². The van der Waals surface area contributed by atoms with Crippen molar-refractivity contribution >= 4 is 33.3 Å². The first-order chi connectivity index (χ1) is 22.8. The summed E-state index contributed by atoms with van der Waals surface area (Å²) in [7, 11) is 0. The highest BCUT2D eigenvalue weighted by Crippen LogP contribution is 2.58. The lowest BCUT2D eigenvalue weighted by Gasteiger charge is -2.34. The quantitative estimate of drug-likeness (QED) is 0.194. The molecule has 0 N–H and O–H groups in total. The first-order valence-corrected chi connectivity index (χ1v) is 16.7. The van der Waals surface area contributed by atoms with Crippen molar-refractivity contribution in [3.63, 3.8) is 0 Å². The van der Waals surface area contributed by atoms with E-state index in [0.717, 1.165) is 0 Å². The van der Waals surface area contributed by atoms with Crippen LogP contribution < -0.4 is 0 Å². The Morgan fingerprint density at radius 1 is 0.391 bits per heavy atom. The lowest BCUT2D eigenvalue weighted by atomic mass is 9.67. The van der Waals surface area contributed by atoms with Gasteiger partial charge in [-0.1, -0.05) is 157 Å². The topological polar surface area (TPSA) is 0 Å². The average molecular weight is 601 g/mol. The van der Waals surface area contributed by atoms with E-state index in [2.05, 4.69) is 170 Å². The number of fused-ring (bicyclic) bond motifs is 7. The van der Waals surface area contributed by atoms with Gasteiger partial charge in [-0.25, -0.2) is 0 Å². The number of hydrogen-bond donors (Lipinski definition) is 0. The maximum Gasteiger partial charge on any atom is 0.0714 e. The Morgan fingerprint density at radius 2 is 1.11 bits per heavy atom. The lowest BCUT2D eigenvalue weighted by Crippen LogP contribution is -2.28. The second-order valence-electron chi connectivity index (χ2n) is 12.4. The Hall–Kier alpha value is -5.37. The summed E-state index contributed by atoms with van der Waals surface area (Å²) >= 11 is 1.89. The third-order valence-electron chi connectivity index (χ3n) is 10.1. The molecule has 8 aromatic rings. The second kappa shape index (κ2) is 9.81. The second-order valence-corrected chi connectivity index (χ2v) is 13.5. The molecule has 2 aliphatic rings. The molecule has 0 saturated heterocycles. The highest BCUT2D eigenvalue weighted by atomic mass is 32.2. The maximum atomic E-state index is 2.45. The molecule has 0 radical (unpaired) electrons. The highest BCUT2D eigenvalue weighted by molar-refractivity contribution is 7.99. The van der Waals surface area contributed by atoms with Gasteiger partial charge in [0.05, 0.1) is 5.41 Å². The van der Waals surface area contributed by atoms with E-state index in [0.29, 0.717) is 0 Å². The van der Waals surface area contributed by atoms with Crippen molar-refractivity contribution in [2.24, 2.45) is 0 Å². The van der Waals surface area contributed by atoms with Crippen LogP contribution in [0.5, 0.6) is 0 Å². The van der Waals surface area contributed by atoms with Gasteiger partial charge in [-0.05, 0) is 96.1 Å². The summed E-state index contributed by atoms with van der Waals surface area (Å²) in [6.45, 7) is 0. The van der Waals surface area contributed by atoms with Crippen LogP contribution in [0, 0.1) is 0 Å². The molecule has 1 heterocycles. The zero-order valence-electron chi connectivity index (χ0n) is 25.1. The van der Waals surface area contributed by atoms with E-state index >= 15 is 0 Å². The fourth-order valence-electron chi connectivity index (χ4n) is 8.21. The van der Waals surface area contributed by atoms with Crippen molar-refractivity contribution in [1.82, 2.24) is 0 Å². The van der Waals surface area contributed by atoms with Gasteiger partial charge < -0.3 is 0 Å². The Labute approximate surface area is 273 Å². The fraction of sp³-hybridized carbons (Fsp3) is 0.0222. The zero-order valence-corrected chi connectivity index (χ0v) is 25.9.